The lowest BCUT2D eigenvalue weighted by Gasteiger charge is -2.36. The highest BCUT2D eigenvalue weighted by atomic mass is 35.5. The number of carbonyl (C=O) groups is 2. The molecule has 1 N–H and O–H groups in total. The van der Waals surface area contributed by atoms with Crippen LogP contribution in [-0.4, -0.2) is 60.1 Å². The number of methoxy groups -OCH3 is 1. The molecule has 4 aromatic rings. The molecular weight excluding hydrogens is 542 g/mol. The molecule has 0 aliphatic carbocycles. The molecular formula is C27H24ClN5O7. The van der Waals surface area contributed by atoms with Crippen LogP contribution in [0, 0.1) is 17.0 Å². The highest BCUT2D eigenvalue weighted by Crippen LogP contribution is 2.38. The quantitative estimate of drug-likeness (QED) is 0.241. The Labute approximate surface area is 233 Å². The molecule has 206 valence electrons. The van der Waals surface area contributed by atoms with Crippen LogP contribution in [0.5, 0.6) is 5.75 Å². The van der Waals surface area contributed by atoms with Gasteiger partial charge in [0.15, 0.2) is 5.76 Å². The fraction of sp³-hybridized carbons (Fsp3) is 0.222. The summed E-state index contributed by atoms with van der Waals surface area (Å²) >= 11 is 6.44. The topological polar surface area (TPSA) is 144 Å². The zero-order valence-electron chi connectivity index (χ0n) is 21.5. The summed E-state index contributed by atoms with van der Waals surface area (Å²) in [4.78, 5) is 40.7. The monoisotopic (exact) mass is 565 g/mol. The number of anilines is 2. The number of aryl methyl sites for hydroxylation is 1. The minimum absolute atomic E-state index is 0.00875. The first-order chi connectivity index (χ1) is 19.3. The number of piperazine rings is 1. The van der Waals surface area contributed by atoms with E-state index in [0.29, 0.717) is 60.2 Å². The van der Waals surface area contributed by atoms with Crippen LogP contribution in [0.1, 0.15) is 26.7 Å². The van der Waals surface area contributed by atoms with E-state index in [4.69, 9.17) is 25.3 Å². The van der Waals surface area contributed by atoms with Gasteiger partial charge >= 0.3 is 0 Å². The van der Waals surface area contributed by atoms with Crippen LogP contribution in [-0.2, 0) is 0 Å². The number of hydrogen-bond acceptors (Lipinski definition) is 9. The predicted octanol–water partition coefficient (Wildman–Crippen LogP) is 5.03. The van der Waals surface area contributed by atoms with Crippen molar-refractivity contribution >= 4 is 40.5 Å². The molecule has 3 heterocycles. The van der Waals surface area contributed by atoms with Crippen molar-refractivity contribution in [3.8, 4) is 17.0 Å². The summed E-state index contributed by atoms with van der Waals surface area (Å²) < 4.78 is 15.9. The van der Waals surface area contributed by atoms with Crippen LogP contribution in [0.15, 0.2) is 63.7 Å². The molecule has 2 amide bonds. The third kappa shape index (κ3) is 5.08. The van der Waals surface area contributed by atoms with Gasteiger partial charge in [-0.3, -0.25) is 19.7 Å². The van der Waals surface area contributed by atoms with Gasteiger partial charge in [-0.25, -0.2) is 0 Å². The normalized spacial score (nSPS) is 13.3. The van der Waals surface area contributed by atoms with Gasteiger partial charge in [-0.05, 0) is 37.3 Å². The number of halogens is 1. The van der Waals surface area contributed by atoms with Crippen LogP contribution in [0.2, 0.25) is 5.02 Å². The van der Waals surface area contributed by atoms with Crippen LogP contribution in [0.4, 0.5) is 17.1 Å². The second-order valence-corrected chi connectivity index (χ2v) is 9.36. The van der Waals surface area contributed by atoms with Crippen molar-refractivity contribution < 1.29 is 28.2 Å². The predicted molar refractivity (Wildman–Crippen MR) is 146 cm³/mol. The van der Waals surface area contributed by atoms with Gasteiger partial charge in [-0.15, -0.1) is 0 Å². The fourth-order valence-corrected chi connectivity index (χ4v) is 4.87. The number of hydrogen-bond donors (Lipinski definition) is 1. The number of aromatic nitrogens is 1. The molecule has 2 aromatic carbocycles. The lowest BCUT2D eigenvalue weighted by molar-refractivity contribution is -0.383. The van der Waals surface area contributed by atoms with E-state index >= 15 is 0 Å². The average molecular weight is 566 g/mol. The second kappa shape index (κ2) is 11.1. The van der Waals surface area contributed by atoms with Crippen molar-refractivity contribution in [2.24, 2.45) is 0 Å². The first-order valence-electron chi connectivity index (χ1n) is 12.2. The zero-order chi connectivity index (χ0) is 28.4. The van der Waals surface area contributed by atoms with Crippen molar-refractivity contribution in [2.75, 3.05) is 43.5 Å². The number of amides is 2. The number of nitro benzene ring substituents is 1. The Hall–Kier alpha value is -4.84. The number of benzene rings is 2. The van der Waals surface area contributed by atoms with Crippen molar-refractivity contribution in [1.82, 2.24) is 10.1 Å². The number of para-hydroxylation sites is 1. The molecule has 1 aliphatic heterocycles. The molecule has 13 heteroatoms. The number of carbonyl (C=O) groups excluding carboxylic acids is 2. The van der Waals surface area contributed by atoms with Crippen LogP contribution < -0.4 is 15.0 Å². The molecule has 1 saturated heterocycles. The number of nitrogens with one attached hydrogen (secondary N) is 1. The van der Waals surface area contributed by atoms with Crippen molar-refractivity contribution in [1.29, 1.82) is 0 Å². The lowest BCUT2D eigenvalue weighted by Crippen LogP contribution is -2.49. The van der Waals surface area contributed by atoms with Gasteiger partial charge in [0.25, 0.3) is 17.5 Å². The minimum atomic E-state index is -0.633. The molecule has 12 nitrogen and oxygen atoms in total. The fourth-order valence-electron chi connectivity index (χ4n) is 4.59. The summed E-state index contributed by atoms with van der Waals surface area (Å²) in [5, 5.41) is 18.5. The largest absolute Gasteiger partial charge is 0.496 e. The van der Waals surface area contributed by atoms with E-state index in [0.717, 1.165) is 0 Å². The molecule has 1 fully saturated rings. The summed E-state index contributed by atoms with van der Waals surface area (Å²) in [5.74, 6) is 0.0998. The molecule has 1 aliphatic rings. The Balaban J connectivity index is 1.36. The molecule has 0 saturated carbocycles. The highest BCUT2D eigenvalue weighted by molar-refractivity contribution is 6.33. The molecule has 0 spiro atoms. The van der Waals surface area contributed by atoms with E-state index in [1.807, 2.05) is 23.1 Å². The SMILES string of the molecule is COc1ccccc1-c1noc(C)c1C(=O)N1CCN(c2cc(NC(=O)c3ccco3)c([N+](=O)[O-])cc2Cl)CC1. The first-order valence-corrected chi connectivity index (χ1v) is 12.6. The molecule has 0 radical (unpaired) electrons. The standard InChI is InChI=1S/C27H24ClN5O7/c1-16-24(25(30-40-16)17-6-3-4-7-22(17)38-2)27(35)32-11-9-31(10-12-32)20-15-19(21(33(36)37)14-18(20)28)29-26(34)23-8-5-13-39-23/h3-8,13-15H,9-12H2,1-2H3,(H,29,34). The van der Waals surface area contributed by atoms with E-state index in [2.05, 4.69) is 10.5 Å². The van der Waals surface area contributed by atoms with Gasteiger partial charge in [0.1, 0.15) is 28.5 Å². The van der Waals surface area contributed by atoms with Crippen LogP contribution in [0.3, 0.4) is 0 Å². The zero-order valence-corrected chi connectivity index (χ0v) is 22.3. The number of furan rings is 1. The number of nitrogens with zero attached hydrogens (tertiary/aromatic N) is 4. The molecule has 2 aromatic heterocycles. The Bertz CT molecular complexity index is 1580. The molecule has 40 heavy (non-hydrogen) atoms. The van der Waals surface area contributed by atoms with Gasteiger partial charge in [0.2, 0.25) is 0 Å². The maximum absolute atomic E-state index is 13.6. The maximum Gasteiger partial charge on any atom is 0.294 e. The Kier molecular flexibility index (Phi) is 7.43. The number of nitro groups is 1. The smallest absolute Gasteiger partial charge is 0.294 e. The Morgan fingerprint density at radius 1 is 1.12 bits per heavy atom. The van der Waals surface area contributed by atoms with E-state index in [-0.39, 0.29) is 28.1 Å². The molecule has 0 bridgehead atoms. The molecule has 0 atom stereocenters. The second-order valence-electron chi connectivity index (χ2n) is 8.95. The van der Waals surface area contributed by atoms with Gasteiger partial charge in [-0.2, -0.15) is 0 Å². The summed E-state index contributed by atoms with van der Waals surface area (Å²) in [6.07, 6.45) is 1.33. The third-order valence-corrected chi connectivity index (χ3v) is 6.90. The van der Waals surface area contributed by atoms with E-state index in [9.17, 15) is 19.7 Å². The first kappa shape index (κ1) is 26.8. The summed E-state index contributed by atoms with van der Waals surface area (Å²) in [6, 6.07) is 12.9. The molecule has 5 rings (SSSR count). The van der Waals surface area contributed by atoms with Crippen molar-refractivity contribution in [3.63, 3.8) is 0 Å². The van der Waals surface area contributed by atoms with Gasteiger partial charge < -0.3 is 28.8 Å². The van der Waals surface area contributed by atoms with Crippen molar-refractivity contribution in [2.45, 2.75) is 6.92 Å². The highest BCUT2D eigenvalue weighted by Gasteiger charge is 2.31. The Morgan fingerprint density at radius 2 is 1.88 bits per heavy atom. The third-order valence-electron chi connectivity index (χ3n) is 6.60. The summed E-state index contributed by atoms with van der Waals surface area (Å²) in [7, 11) is 1.55. The minimum Gasteiger partial charge on any atom is -0.496 e. The summed E-state index contributed by atoms with van der Waals surface area (Å²) in [6.45, 7) is 3.16. The van der Waals surface area contributed by atoms with Gasteiger partial charge in [0, 0.05) is 37.8 Å². The maximum atomic E-state index is 13.6. The van der Waals surface area contributed by atoms with Gasteiger partial charge in [-0.1, -0.05) is 28.9 Å². The van der Waals surface area contributed by atoms with Crippen molar-refractivity contribution in [3.05, 3.63) is 87.0 Å². The average Bonchev–Trinajstić information content (AvgIpc) is 3.64. The number of rotatable bonds is 7. The molecule has 0 unspecified atom stereocenters. The Morgan fingerprint density at radius 3 is 2.55 bits per heavy atom. The van der Waals surface area contributed by atoms with E-state index in [1.165, 1.54) is 30.5 Å². The van der Waals surface area contributed by atoms with Crippen LogP contribution >= 0.6 is 11.6 Å². The summed E-state index contributed by atoms with van der Waals surface area (Å²) in [5.41, 5.74) is 1.52. The lowest BCUT2D eigenvalue weighted by atomic mass is 10.0. The number of ether oxygens (including phenoxy) is 1. The van der Waals surface area contributed by atoms with E-state index in [1.54, 1.807) is 25.0 Å². The van der Waals surface area contributed by atoms with E-state index < -0.39 is 10.8 Å². The van der Waals surface area contributed by atoms with Crippen LogP contribution in [0.25, 0.3) is 11.3 Å². The van der Waals surface area contributed by atoms with Gasteiger partial charge in [0.05, 0.1) is 29.0 Å².